The maximum absolute atomic E-state index is 13.1. The fourth-order valence-corrected chi connectivity index (χ4v) is 11.3. The largest absolute Gasteiger partial charge is 0.616 e. The molecule has 12 heteroatoms. The van der Waals surface area contributed by atoms with Crippen molar-refractivity contribution in [1.29, 1.82) is 0 Å². The number of halogens is 5. The average Bonchev–Trinajstić information content (AvgIpc) is 3.77. The number of amides is 1. The van der Waals surface area contributed by atoms with Crippen molar-refractivity contribution in [2.45, 2.75) is 121 Å². The summed E-state index contributed by atoms with van der Waals surface area (Å²) in [4.78, 5) is 28.0. The minimum absolute atomic E-state index is 0.130. The maximum Gasteiger partial charge on any atom is 0.453 e. The molecule has 0 aromatic heterocycles. The highest BCUT2D eigenvalue weighted by Crippen LogP contribution is 2.61. The Morgan fingerprint density at radius 1 is 0.980 bits per heavy atom. The summed E-state index contributed by atoms with van der Waals surface area (Å²) in [5.41, 5.74) is 2.42. The molecule has 3 unspecified atom stereocenters. The molecule has 6 rings (SSSR count). The summed E-state index contributed by atoms with van der Waals surface area (Å²) in [6.07, 6.45) is 4.90. The van der Waals surface area contributed by atoms with Crippen molar-refractivity contribution >= 4 is 23.1 Å². The molecule has 0 radical (unpaired) electrons. The van der Waals surface area contributed by atoms with Gasteiger partial charge in [0.15, 0.2) is 0 Å². The zero-order chi connectivity index (χ0) is 36.4. The molecule has 2 heterocycles. The number of nitrogens with zero attached hydrogens (tertiary/aromatic N) is 1. The van der Waals surface area contributed by atoms with Gasteiger partial charge in [0.25, 0.3) is 0 Å². The number of likely N-dealkylation sites (tertiary alicyclic amines) is 1. The highest BCUT2D eigenvalue weighted by molar-refractivity contribution is 7.91. The van der Waals surface area contributed by atoms with Crippen LogP contribution in [0.15, 0.2) is 18.2 Å². The van der Waals surface area contributed by atoms with Crippen LogP contribution in [0.1, 0.15) is 114 Å². The second-order valence-electron chi connectivity index (χ2n) is 16.3. The summed E-state index contributed by atoms with van der Waals surface area (Å²) in [6, 6.07) is 6.23. The van der Waals surface area contributed by atoms with Gasteiger partial charge in [-0.05, 0) is 98.3 Å². The van der Waals surface area contributed by atoms with Gasteiger partial charge in [-0.25, -0.2) is 4.79 Å². The van der Waals surface area contributed by atoms with Crippen molar-refractivity contribution in [1.82, 2.24) is 4.90 Å². The van der Waals surface area contributed by atoms with Gasteiger partial charge in [0, 0.05) is 43.2 Å². The van der Waals surface area contributed by atoms with Gasteiger partial charge in [-0.2, -0.15) is 22.0 Å². The maximum atomic E-state index is 13.1. The molecule has 2 saturated heterocycles. The molecular formula is C39H54F5NO5S. The van der Waals surface area contributed by atoms with Crippen LogP contribution in [0.3, 0.4) is 0 Å². The Balaban J connectivity index is 0.963. The van der Waals surface area contributed by atoms with Crippen molar-refractivity contribution < 1.29 is 45.6 Å². The monoisotopic (exact) mass is 743 g/mol. The molecule has 2 saturated carbocycles. The van der Waals surface area contributed by atoms with E-state index in [1.54, 1.807) is 0 Å². The molecule has 2 aliphatic heterocycles. The minimum atomic E-state index is -5.56. The van der Waals surface area contributed by atoms with E-state index in [1.807, 2.05) is 11.0 Å². The summed E-state index contributed by atoms with van der Waals surface area (Å²) in [6.45, 7) is 5.00. The van der Waals surface area contributed by atoms with E-state index >= 15 is 0 Å². The first-order chi connectivity index (χ1) is 24.3. The summed E-state index contributed by atoms with van der Waals surface area (Å²) < 4.78 is 86.6. The second kappa shape index (κ2) is 16.2. The standard InChI is InChI=1S/C39H54F5NO5S/c1-37-17-15-32-31-12-11-30(50-36(47)45-22-28-24-49-25-29(28)23-45)21-27(31)20-26(35(32)33(37)13-14-34(37)46)10-7-5-3-2-4-6-8-18-51(48)19-9-16-38(40,41)39(42,43)44/h11-12,21,26,28-29,32-33,35H,2-10,13-20,22-25H2,1H3/t26-,28?,29?,32-,33+,35-,37+,51?/m1/s1. The summed E-state index contributed by atoms with van der Waals surface area (Å²) in [5.74, 6) is -0.922. The molecule has 51 heavy (non-hydrogen) atoms. The molecule has 3 aliphatic carbocycles. The number of hydrogen-bond donors (Lipinski definition) is 0. The van der Waals surface area contributed by atoms with Crippen molar-refractivity contribution in [2.24, 2.45) is 35.0 Å². The van der Waals surface area contributed by atoms with E-state index in [4.69, 9.17) is 9.47 Å². The quantitative estimate of drug-likeness (QED) is 0.102. The number of Topliss-reactive ketones (excluding diaryl/α,β-unsaturated/α-hetero) is 1. The number of carbonyl (C=O) groups is 2. The third-order valence-electron chi connectivity index (χ3n) is 13.0. The van der Waals surface area contributed by atoms with Crippen LogP contribution in [0.4, 0.5) is 26.7 Å². The van der Waals surface area contributed by atoms with E-state index < -0.39 is 36.1 Å². The second-order valence-corrected chi connectivity index (χ2v) is 18.0. The van der Waals surface area contributed by atoms with E-state index in [0.29, 0.717) is 91.9 Å². The van der Waals surface area contributed by atoms with E-state index in [-0.39, 0.29) is 17.3 Å². The van der Waals surface area contributed by atoms with Crippen LogP contribution in [0.2, 0.25) is 0 Å². The zero-order valence-electron chi connectivity index (χ0n) is 29.8. The predicted octanol–water partition coefficient (Wildman–Crippen LogP) is 9.26. The first-order valence-corrected chi connectivity index (χ1v) is 20.8. The lowest BCUT2D eigenvalue weighted by Crippen LogP contribution is -2.46. The third kappa shape index (κ3) is 8.74. The number of hydrogen-bond acceptors (Lipinski definition) is 5. The Bertz CT molecular complexity index is 1370. The first kappa shape index (κ1) is 38.8. The normalized spacial score (nSPS) is 30.9. The Morgan fingerprint density at radius 2 is 1.65 bits per heavy atom. The predicted molar refractivity (Wildman–Crippen MR) is 185 cm³/mol. The number of fused-ring (bicyclic) bond motifs is 6. The molecule has 8 atom stereocenters. The number of carbonyl (C=O) groups excluding carboxylic acids is 2. The summed E-state index contributed by atoms with van der Waals surface area (Å²) in [5, 5.41) is 0. The lowest BCUT2D eigenvalue weighted by atomic mass is 9.52. The van der Waals surface area contributed by atoms with Crippen LogP contribution in [-0.2, 0) is 27.1 Å². The number of ketones is 1. The lowest BCUT2D eigenvalue weighted by Gasteiger charge is -2.51. The van der Waals surface area contributed by atoms with Crippen molar-refractivity contribution in [3.8, 4) is 5.75 Å². The van der Waals surface area contributed by atoms with E-state index in [1.165, 1.54) is 11.1 Å². The smallest absolute Gasteiger partial charge is 0.453 e. The molecule has 1 amide bonds. The molecule has 286 valence electrons. The van der Waals surface area contributed by atoms with Gasteiger partial charge in [-0.15, -0.1) is 0 Å². The van der Waals surface area contributed by atoms with Crippen LogP contribution >= 0.6 is 0 Å². The Morgan fingerprint density at radius 3 is 2.35 bits per heavy atom. The molecular weight excluding hydrogens is 689 g/mol. The van der Waals surface area contributed by atoms with E-state index in [9.17, 15) is 36.1 Å². The van der Waals surface area contributed by atoms with Gasteiger partial charge in [0.2, 0.25) is 0 Å². The van der Waals surface area contributed by atoms with Crippen molar-refractivity contribution in [3.63, 3.8) is 0 Å². The van der Waals surface area contributed by atoms with Crippen molar-refractivity contribution in [3.05, 3.63) is 29.3 Å². The van der Waals surface area contributed by atoms with Crippen molar-refractivity contribution in [2.75, 3.05) is 37.8 Å². The van der Waals surface area contributed by atoms with Gasteiger partial charge in [-0.3, -0.25) is 4.79 Å². The van der Waals surface area contributed by atoms with E-state index in [2.05, 4.69) is 19.1 Å². The number of alkyl halides is 5. The number of ether oxygens (including phenoxy) is 2. The number of unbranched alkanes of at least 4 members (excludes halogenated alkanes) is 6. The Labute approximate surface area is 302 Å². The first-order valence-electron chi connectivity index (χ1n) is 19.3. The van der Waals surface area contributed by atoms with Crippen LogP contribution in [0.5, 0.6) is 5.75 Å². The molecule has 0 spiro atoms. The molecule has 0 N–H and O–H groups in total. The van der Waals surface area contributed by atoms with Gasteiger partial charge in [-0.1, -0.05) is 56.3 Å². The van der Waals surface area contributed by atoms with Gasteiger partial charge in [0.05, 0.1) is 13.2 Å². The molecule has 4 fully saturated rings. The van der Waals surface area contributed by atoms with E-state index in [0.717, 1.165) is 70.6 Å². The highest BCUT2D eigenvalue weighted by Gasteiger charge is 2.57. The summed E-state index contributed by atoms with van der Waals surface area (Å²) in [7, 11) is 0. The molecule has 1 aromatic carbocycles. The number of benzene rings is 1. The Kier molecular flexibility index (Phi) is 12.3. The van der Waals surface area contributed by atoms with Crippen LogP contribution in [0, 0.1) is 35.0 Å². The number of rotatable bonds is 15. The highest BCUT2D eigenvalue weighted by atomic mass is 32.2. The molecule has 1 aromatic rings. The average molecular weight is 744 g/mol. The van der Waals surface area contributed by atoms with Crippen LogP contribution in [-0.4, -0.2) is 71.2 Å². The molecule has 0 bridgehead atoms. The lowest BCUT2D eigenvalue weighted by molar-refractivity contribution is -0.284. The zero-order valence-corrected chi connectivity index (χ0v) is 30.6. The van der Waals surface area contributed by atoms with Crippen LogP contribution < -0.4 is 4.74 Å². The molecule has 6 nitrogen and oxygen atoms in total. The third-order valence-corrected chi connectivity index (χ3v) is 14.5. The summed E-state index contributed by atoms with van der Waals surface area (Å²) >= 11 is -1.38. The minimum Gasteiger partial charge on any atom is -0.616 e. The van der Waals surface area contributed by atoms with Gasteiger partial charge >= 0.3 is 18.2 Å². The van der Waals surface area contributed by atoms with Crippen LogP contribution in [0.25, 0.3) is 0 Å². The van der Waals surface area contributed by atoms with Gasteiger partial charge in [0.1, 0.15) is 23.0 Å². The fraction of sp³-hybridized carbons (Fsp3) is 0.795. The topological polar surface area (TPSA) is 78.9 Å². The fourth-order valence-electron chi connectivity index (χ4n) is 10.1. The molecule has 5 aliphatic rings. The van der Waals surface area contributed by atoms with Gasteiger partial charge < -0.3 is 18.9 Å². The SMILES string of the molecule is C[C@]12CC[C@@H]3c4ccc(OC(=O)N5CC6COCC6C5)cc4C[C@@H](CCCCCCCCC[S+]([O-])CCCC(F)(F)C(F)(F)F)[C@H]3[C@@H]1CCC2=O. The Hall–Kier alpha value is -1.92.